The predicted octanol–water partition coefficient (Wildman–Crippen LogP) is 4.63. The number of nitrogens with zero attached hydrogens (tertiary/aromatic N) is 1. The van der Waals surface area contributed by atoms with E-state index in [-0.39, 0.29) is 17.5 Å². The smallest absolute Gasteiger partial charge is 0.0258 e. The van der Waals surface area contributed by atoms with Crippen LogP contribution >= 0.6 is 0 Å². The van der Waals surface area contributed by atoms with Gasteiger partial charge < -0.3 is 10.3 Å². The molecule has 0 saturated heterocycles. The molecule has 0 spiro atoms. The fraction of sp³-hybridized carbons (Fsp3) is 0.500. The van der Waals surface area contributed by atoms with Gasteiger partial charge in [0.2, 0.25) is 0 Å². The van der Waals surface area contributed by atoms with Gasteiger partial charge in [-0.25, -0.2) is 0 Å². The highest BCUT2D eigenvalue weighted by Crippen LogP contribution is 2.33. The van der Waals surface area contributed by atoms with Crippen molar-refractivity contribution in [3.8, 4) is 0 Å². The number of hydroxylamine groups is 2. The molecule has 0 aliphatic heterocycles. The highest BCUT2D eigenvalue weighted by molar-refractivity contribution is 5.47. The molecule has 100 valence electrons. The molecule has 0 amide bonds. The summed E-state index contributed by atoms with van der Waals surface area (Å²) in [6.07, 6.45) is 1.81. The summed E-state index contributed by atoms with van der Waals surface area (Å²) < 4.78 is 0. The summed E-state index contributed by atoms with van der Waals surface area (Å²) in [6.45, 7) is 13.8. The largest absolute Gasteiger partial charge is 0.784 e. The Morgan fingerprint density at radius 1 is 1.17 bits per heavy atom. The van der Waals surface area contributed by atoms with E-state index in [2.05, 4.69) is 20.4 Å². The lowest BCUT2D eigenvalue weighted by atomic mass is 9.92. The zero-order chi connectivity index (χ0) is 13.9. The van der Waals surface area contributed by atoms with Crippen molar-refractivity contribution in [3.05, 3.63) is 47.2 Å². The van der Waals surface area contributed by atoms with E-state index in [0.717, 1.165) is 11.1 Å². The highest BCUT2D eigenvalue weighted by atomic mass is 16.5. The van der Waals surface area contributed by atoms with E-state index in [1.807, 2.05) is 51.1 Å². The highest BCUT2D eigenvalue weighted by Gasteiger charge is 2.24. The van der Waals surface area contributed by atoms with Gasteiger partial charge in [0, 0.05) is 11.6 Å². The quantitative estimate of drug-likeness (QED) is 0.724. The fourth-order valence-electron chi connectivity index (χ4n) is 2.04. The van der Waals surface area contributed by atoms with Crippen LogP contribution < -0.4 is 0 Å². The lowest BCUT2D eigenvalue weighted by Gasteiger charge is -2.49. The number of hydrogen-bond acceptors (Lipinski definition) is 2. The van der Waals surface area contributed by atoms with Crippen LogP contribution in [0.2, 0.25) is 0 Å². The normalized spacial score (nSPS) is 14.0. The van der Waals surface area contributed by atoms with Gasteiger partial charge in [-0.3, -0.25) is 0 Å². The van der Waals surface area contributed by atoms with Crippen molar-refractivity contribution < 1.29 is 0 Å². The van der Waals surface area contributed by atoms with Gasteiger partial charge in [-0.2, -0.15) is 0 Å². The van der Waals surface area contributed by atoms with Crippen molar-refractivity contribution >= 4 is 6.08 Å². The van der Waals surface area contributed by atoms with Gasteiger partial charge in [0.05, 0.1) is 0 Å². The number of rotatable bonds is 4. The molecule has 2 nitrogen and oxygen atoms in total. The van der Waals surface area contributed by atoms with Crippen molar-refractivity contribution in [1.82, 2.24) is 5.06 Å². The Kier molecular flexibility index (Phi) is 4.71. The summed E-state index contributed by atoms with van der Waals surface area (Å²) in [7, 11) is 0. The van der Waals surface area contributed by atoms with E-state index < -0.39 is 0 Å². The minimum absolute atomic E-state index is 0.108. The SMILES string of the molecule is C=Cc1ccc(C(C(C)C)N([O-])C(C)(C)C)cc1. The predicted molar refractivity (Wildman–Crippen MR) is 79.1 cm³/mol. The first kappa shape index (κ1) is 14.9. The molecular formula is C16H24NO-. The Bertz CT molecular complexity index is 387. The average Bonchev–Trinajstić information content (AvgIpc) is 2.28. The summed E-state index contributed by atoms with van der Waals surface area (Å²) in [5.74, 6) is 0.274. The van der Waals surface area contributed by atoms with E-state index in [9.17, 15) is 5.21 Å². The molecule has 0 fully saturated rings. The topological polar surface area (TPSA) is 26.3 Å². The lowest BCUT2D eigenvalue weighted by molar-refractivity contribution is 0.114. The molecule has 1 aromatic carbocycles. The first-order chi connectivity index (χ1) is 8.27. The molecule has 2 heteroatoms. The molecule has 0 saturated carbocycles. The molecular weight excluding hydrogens is 222 g/mol. The maximum atomic E-state index is 12.5. The van der Waals surface area contributed by atoms with Crippen molar-refractivity contribution in [2.75, 3.05) is 0 Å². The summed E-state index contributed by atoms with van der Waals surface area (Å²) in [5, 5.41) is 13.7. The lowest BCUT2D eigenvalue weighted by Crippen LogP contribution is -2.41. The summed E-state index contributed by atoms with van der Waals surface area (Å²) >= 11 is 0. The van der Waals surface area contributed by atoms with Crippen molar-refractivity contribution in [2.45, 2.75) is 46.2 Å². The zero-order valence-corrected chi connectivity index (χ0v) is 12.1. The number of hydrogen-bond donors (Lipinski definition) is 0. The molecule has 1 rings (SSSR count). The monoisotopic (exact) mass is 246 g/mol. The molecule has 1 aromatic rings. The molecule has 0 aliphatic carbocycles. The summed E-state index contributed by atoms with van der Waals surface area (Å²) in [4.78, 5) is 0. The zero-order valence-electron chi connectivity index (χ0n) is 12.1. The number of benzene rings is 1. The first-order valence-electron chi connectivity index (χ1n) is 6.46. The summed E-state index contributed by atoms with van der Waals surface area (Å²) in [5.41, 5.74) is 1.77. The van der Waals surface area contributed by atoms with E-state index in [4.69, 9.17) is 0 Å². The van der Waals surface area contributed by atoms with Crippen LogP contribution in [0.4, 0.5) is 0 Å². The Morgan fingerprint density at radius 3 is 2.00 bits per heavy atom. The van der Waals surface area contributed by atoms with Gasteiger partial charge in [0.1, 0.15) is 0 Å². The average molecular weight is 246 g/mol. The van der Waals surface area contributed by atoms with Crippen molar-refractivity contribution in [3.63, 3.8) is 0 Å². The van der Waals surface area contributed by atoms with Crippen LogP contribution in [0.5, 0.6) is 0 Å². The van der Waals surface area contributed by atoms with Crippen LogP contribution in [0.1, 0.15) is 51.8 Å². The minimum Gasteiger partial charge on any atom is -0.784 e. The van der Waals surface area contributed by atoms with Crippen LogP contribution in [-0.4, -0.2) is 10.6 Å². The third-order valence-electron chi connectivity index (χ3n) is 3.06. The van der Waals surface area contributed by atoms with Crippen molar-refractivity contribution in [1.29, 1.82) is 0 Å². The maximum absolute atomic E-state index is 12.5. The van der Waals surface area contributed by atoms with Crippen LogP contribution in [0, 0.1) is 11.1 Å². The molecule has 18 heavy (non-hydrogen) atoms. The van der Waals surface area contributed by atoms with Crippen LogP contribution in [0.25, 0.3) is 6.08 Å². The van der Waals surface area contributed by atoms with E-state index in [1.54, 1.807) is 0 Å². The minimum atomic E-state index is -0.383. The fourth-order valence-corrected chi connectivity index (χ4v) is 2.04. The van der Waals surface area contributed by atoms with Gasteiger partial charge in [-0.05, 0) is 37.8 Å². The second kappa shape index (κ2) is 5.68. The molecule has 0 radical (unpaired) electrons. The van der Waals surface area contributed by atoms with E-state index >= 15 is 0 Å². The standard InChI is InChI=1S/C16H24NO/c1-7-13-8-10-14(11-9-13)15(12(2)3)17(18)16(4,5)6/h7-12,15H,1H2,2-6H3/q-1. The van der Waals surface area contributed by atoms with Gasteiger partial charge in [-0.15, -0.1) is 0 Å². The second-order valence-electron chi connectivity index (χ2n) is 6.06. The Balaban J connectivity index is 3.08. The Hall–Kier alpha value is -1.12. The third kappa shape index (κ3) is 3.44. The van der Waals surface area contributed by atoms with E-state index in [1.165, 1.54) is 5.06 Å². The first-order valence-corrected chi connectivity index (χ1v) is 6.46. The van der Waals surface area contributed by atoms with Crippen LogP contribution in [0.3, 0.4) is 0 Å². The van der Waals surface area contributed by atoms with Crippen LogP contribution in [-0.2, 0) is 0 Å². The Labute approximate surface area is 111 Å². The second-order valence-corrected chi connectivity index (χ2v) is 6.06. The van der Waals surface area contributed by atoms with Crippen molar-refractivity contribution in [2.24, 2.45) is 5.92 Å². The van der Waals surface area contributed by atoms with Gasteiger partial charge >= 0.3 is 0 Å². The molecule has 0 bridgehead atoms. The molecule has 0 heterocycles. The molecule has 0 aliphatic rings. The molecule has 0 aromatic heterocycles. The molecule has 1 atom stereocenters. The van der Waals surface area contributed by atoms with Crippen LogP contribution in [0.15, 0.2) is 30.8 Å². The third-order valence-corrected chi connectivity index (χ3v) is 3.06. The summed E-state index contributed by atoms with van der Waals surface area (Å²) in [6, 6.07) is 7.96. The van der Waals surface area contributed by atoms with E-state index in [0.29, 0.717) is 0 Å². The van der Waals surface area contributed by atoms with Gasteiger partial charge in [0.15, 0.2) is 0 Å². The Morgan fingerprint density at radius 2 is 1.67 bits per heavy atom. The molecule has 1 unspecified atom stereocenters. The van der Waals surface area contributed by atoms with Gasteiger partial charge in [0.25, 0.3) is 0 Å². The maximum Gasteiger partial charge on any atom is 0.0258 e. The van der Waals surface area contributed by atoms with Gasteiger partial charge in [-0.1, -0.05) is 50.8 Å². The molecule has 0 N–H and O–H groups in total.